The van der Waals surface area contributed by atoms with Gasteiger partial charge in [-0.25, -0.2) is 4.98 Å². The van der Waals surface area contributed by atoms with Crippen LogP contribution in [0.15, 0.2) is 29.8 Å². The number of amides is 2. The summed E-state index contributed by atoms with van der Waals surface area (Å²) in [6, 6.07) is 8.15. The molecule has 0 bridgehead atoms. The molecule has 29 heavy (non-hydrogen) atoms. The van der Waals surface area contributed by atoms with E-state index in [1.807, 2.05) is 24.6 Å². The molecule has 3 rings (SSSR count). The lowest BCUT2D eigenvalue weighted by molar-refractivity contribution is -0.132. The molecule has 1 atom stereocenters. The Hall–Kier alpha value is -2.25. The minimum atomic E-state index is -0.302. The third-order valence-corrected chi connectivity index (χ3v) is 5.53. The number of thiazole rings is 1. The molecule has 158 valence electrons. The molecule has 0 saturated carbocycles. The highest BCUT2D eigenvalue weighted by atomic mass is 32.1. The van der Waals surface area contributed by atoms with Crippen LogP contribution in [-0.4, -0.2) is 46.5 Å². The molecular weight excluding hydrogens is 386 g/mol. The minimum Gasteiger partial charge on any atom is -0.391 e. The fraction of sp³-hybridized carbons (Fsp3) is 0.500. The predicted octanol–water partition coefficient (Wildman–Crippen LogP) is 3.38. The van der Waals surface area contributed by atoms with E-state index in [2.05, 4.69) is 43.2 Å². The Balaban J connectivity index is 0.000000212. The summed E-state index contributed by atoms with van der Waals surface area (Å²) in [4.78, 5) is 29.0. The van der Waals surface area contributed by atoms with E-state index in [-0.39, 0.29) is 17.4 Å². The van der Waals surface area contributed by atoms with E-state index in [0.717, 1.165) is 24.2 Å². The zero-order chi connectivity index (χ0) is 21.4. The van der Waals surface area contributed by atoms with Crippen molar-refractivity contribution >= 4 is 23.7 Å². The number of rotatable bonds is 5. The lowest BCUT2D eigenvalue weighted by atomic mass is 9.92. The smallest absolute Gasteiger partial charge is 0.223 e. The number of hydrogen-bond acceptors (Lipinski definition) is 5. The first-order chi connectivity index (χ1) is 13.7. The fourth-order valence-electron chi connectivity index (χ4n) is 3.05. The molecule has 7 heteroatoms. The van der Waals surface area contributed by atoms with Gasteiger partial charge in [-0.2, -0.15) is 0 Å². The Morgan fingerprint density at radius 3 is 2.52 bits per heavy atom. The Labute approximate surface area is 177 Å². The molecule has 1 unspecified atom stereocenters. The number of benzene rings is 1. The van der Waals surface area contributed by atoms with Crippen LogP contribution >= 0.6 is 11.3 Å². The van der Waals surface area contributed by atoms with Crippen LogP contribution in [0.1, 0.15) is 44.9 Å². The highest BCUT2D eigenvalue weighted by molar-refractivity contribution is 7.13. The average Bonchev–Trinajstić information content (AvgIpc) is 3.28. The second-order valence-electron chi connectivity index (χ2n) is 8.48. The number of aliphatic hydroxyl groups is 1. The molecule has 1 fully saturated rings. The van der Waals surface area contributed by atoms with Crippen LogP contribution in [0.2, 0.25) is 0 Å². The number of hydrogen-bond donors (Lipinski definition) is 2. The largest absolute Gasteiger partial charge is 0.391 e. The van der Waals surface area contributed by atoms with E-state index < -0.39 is 0 Å². The number of nitrogens with one attached hydrogen (secondary N) is 1. The molecule has 2 aromatic rings. The van der Waals surface area contributed by atoms with Crippen molar-refractivity contribution in [3.63, 3.8) is 0 Å². The molecule has 6 nitrogen and oxygen atoms in total. The van der Waals surface area contributed by atoms with Gasteiger partial charge in [-0.3, -0.25) is 9.59 Å². The summed E-state index contributed by atoms with van der Waals surface area (Å²) in [6.07, 6.45) is 1.71. The Kier molecular flexibility index (Phi) is 8.34. The lowest BCUT2D eigenvalue weighted by Crippen LogP contribution is -2.32. The van der Waals surface area contributed by atoms with Crippen molar-refractivity contribution in [1.82, 2.24) is 15.2 Å². The van der Waals surface area contributed by atoms with Crippen molar-refractivity contribution in [1.29, 1.82) is 0 Å². The van der Waals surface area contributed by atoms with Gasteiger partial charge in [-0.15, -0.1) is 11.3 Å². The minimum absolute atomic E-state index is 0.0463. The van der Waals surface area contributed by atoms with Crippen LogP contribution < -0.4 is 5.32 Å². The van der Waals surface area contributed by atoms with Gasteiger partial charge >= 0.3 is 0 Å². The number of β-amino-alcohol motifs (C(OH)–C–C–N with tert-alkyl or cyclic N) is 1. The monoisotopic (exact) mass is 417 g/mol. The van der Waals surface area contributed by atoms with Gasteiger partial charge in [0.2, 0.25) is 12.3 Å². The van der Waals surface area contributed by atoms with Gasteiger partial charge in [-0.05, 0) is 29.9 Å². The van der Waals surface area contributed by atoms with Crippen LogP contribution in [0, 0.1) is 12.3 Å². The van der Waals surface area contributed by atoms with Crippen molar-refractivity contribution < 1.29 is 14.7 Å². The summed E-state index contributed by atoms with van der Waals surface area (Å²) in [6.45, 7) is 9.98. The average molecular weight is 418 g/mol. The normalized spacial score (nSPS) is 16.2. The third-order valence-electron chi connectivity index (χ3n) is 4.55. The van der Waals surface area contributed by atoms with Gasteiger partial charge < -0.3 is 15.3 Å². The van der Waals surface area contributed by atoms with E-state index in [0.29, 0.717) is 25.9 Å². The van der Waals surface area contributed by atoms with Gasteiger partial charge in [0.15, 0.2) is 0 Å². The summed E-state index contributed by atoms with van der Waals surface area (Å²) >= 11 is 1.64. The van der Waals surface area contributed by atoms with Gasteiger partial charge in [-0.1, -0.05) is 45.0 Å². The second-order valence-corrected chi connectivity index (χ2v) is 9.34. The number of aliphatic hydroxyl groups excluding tert-OH is 1. The fourth-order valence-corrected chi connectivity index (χ4v) is 3.86. The number of likely N-dealkylation sites (tertiary alicyclic amines) is 1. The first-order valence-electron chi connectivity index (χ1n) is 9.82. The van der Waals surface area contributed by atoms with E-state index in [1.54, 1.807) is 16.2 Å². The molecule has 2 N–H and O–H groups in total. The van der Waals surface area contributed by atoms with E-state index in [1.165, 1.54) is 10.4 Å². The highest BCUT2D eigenvalue weighted by Crippen LogP contribution is 2.27. The van der Waals surface area contributed by atoms with Gasteiger partial charge in [0.05, 0.1) is 22.2 Å². The number of carbonyl (C=O) groups excluding carboxylic acids is 2. The Morgan fingerprint density at radius 2 is 2.03 bits per heavy atom. The Bertz CT molecular complexity index is 796. The summed E-state index contributed by atoms with van der Waals surface area (Å²) in [5.74, 6) is 0.170. The molecule has 1 saturated heterocycles. The van der Waals surface area contributed by atoms with Crippen molar-refractivity contribution in [3.05, 3.63) is 41.0 Å². The van der Waals surface area contributed by atoms with Crippen LogP contribution in [0.25, 0.3) is 10.4 Å². The van der Waals surface area contributed by atoms with Crippen LogP contribution in [-0.2, 0) is 16.1 Å². The maximum absolute atomic E-state index is 11.6. The molecule has 1 aliphatic rings. The number of carbonyl (C=O) groups is 2. The topological polar surface area (TPSA) is 82.5 Å². The highest BCUT2D eigenvalue weighted by Gasteiger charge is 2.27. The molecule has 0 radical (unpaired) electrons. The summed E-state index contributed by atoms with van der Waals surface area (Å²) in [7, 11) is 0. The molecule has 0 aliphatic carbocycles. The number of aromatic nitrogens is 1. The van der Waals surface area contributed by atoms with Crippen LogP contribution in [0.4, 0.5) is 0 Å². The molecule has 1 aromatic carbocycles. The quantitative estimate of drug-likeness (QED) is 0.731. The first kappa shape index (κ1) is 23.0. The van der Waals surface area contributed by atoms with Crippen molar-refractivity contribution in [2.75, 3.05) is 13.1 Å². The number of nitrogens with zero attached hydrogens (tertiary/aromatic N) is 2. The summed E-state index contributed by atoms with van der Waals surface area (Å²) in [5.41, 5.74) is 5.23. The zero-order valence-corrected chi connectivity index (χ0v) is 18.5. The van der Waals surface area contributed by atoms with E-state index in [4.69, 9.17) is 0 Å². The SMILES string of the molecule is CC(C)(C)CC(=O)N1CCC(O)C1.Cc1ncsc1-c1ccc(CNC=O)cc1. The molecule has 1 aliphatic heterocycles. The first-order valence-corrected chi connectivity index (χ1v) is 10.7. The van der Waals surface area contributed by atoms with Crippen molar-refractivity contribution in [3.8, 4) is 10.4 Å². The lowest BCUT2D eigenvalue weighted by Gasteiger charge is -2.22. The predicted molar refractivity (Wildman–Crippen MR) is 116 cm³/mol. The molecular formula is C22H31N3O3S. The molecule has 2 amide bonds. The number of aryl methyl sites for hydroxylation is 1. The maximum atomic E-state index is 11.6. The van der Waals surface area contributed by atoms with Crippen molar-refractivity contribution in [2.45, 2.75) is 53.2 Å². The van der Waals surface area contributed by atoms with E-state index >= 15 is 0 Å². The summed E-state index contributed by atoms with van der Waals surface area (Å²) < 4.78 is 0. The van der Waals surface area contributed by atoms with E-state index in [9.17, 15) is 14.7 Å². The third kappa shape index (κ3) is 7.59. The standard InChI is InChI=1S/C12H12N2OS.C10H19NO2/c1-9-12(16-8-14-9)11-4-2-10(3-5-11)6-13-7-15;1-10(2,3)6-9(13)11-5-4-8(12)7-11/h2-5,7-8H,6H2,1H3,(H,13,15);8,12H,4-7H2,1-3H3. The molecule has 1 aromatic heterocycles. The maximum Gasteiger partial charge on any atom is 0.223 e. The Morgan fingerprint density at radius 1 is 1.34 bits per heavy atom. The molecule has 0 spiro atoms. The summed E-state index contributed by atoms with van der Waals surface area (Å²) in [5, 5.41) is 11.9. The van der Waals surface area contributed by atoms with Gasteiger partial charge in [0, 0.05) is 26.1 Å². The second kappa shape index (κ2) is 10.5. The zero-order valence-electron chi connectivity index (χ0n) is 17.6. The molecule has 2 heterocycles. The van der Waals surface area contributed by atoms with Crippen molar-refractivity contribution in [2.24, 2.45) is 5.41 Å². The van der Waals surface area contributed by atoms with Crippen LogP contribution in [0.5, 0.6) is 0 Å². The van der Waals surface area contributed by atoms with Gasteiger partial charge in [0.1, 0.15) is 0 Å². The van der Waals surface area contributed by atoms with Crippen LogP contribution in [0.3, 0.4) is 0 Å². The van der Waals surface area contributed by atoms with Gasteiger partial charge in [0.25, 0.3) is 0 Å².